The van der Waals surface area contributed by atoms with Crippen molar-refractivity contribution < 1.29 is 0 Å². The van der Waals surface area contributed by atoms with Gasteiger partial charge < -0.3 is 5.32 Å². The SMILES string of the molecule is CNC(C)CCCc1ccc(C)cc1. The topological polar surface area (TPSA) is 12.0 Å². The van der Waals surface area contributed by atoms with E-state index in [2.05, 4.69) is 43.4 Å². The summed E-state index contributed by atoms with van der Waals surface area (Å²) in [4.78, 5) is 0. The van der Waals surface area contributed by atoms with Crippen LogP contribution in [0.3, 0.4) is 0 Å². The van der Waals surface area contributed by atoms with E-state index < -0.39 is 0 Å². The predicted molar refractivity (Wildman–Crippen MR) is 62.6 cm³/mol. The van der Waals surface area contributed by atoms with Gasteiger partial charge in [0, 0.05) is 6.04 Å². The smallest absolute Gasteiger partial charge is 0.00358 e. The third-order valence-corrected chi connectivity index (χ3v) is 2.72. The second-order valence-corrected chi connectivity index (χ2v) is 4.07. The van der Waals surface area contributed by atoms with E-state index in [1.54, 1.807) is 0 Å². The molecule has 0 saturated heterocycles. The van der Waals surface area contributed by atoms with Crippen molar-refractivity contribution in [3.8, 4) is 0 Å². The van der Waals surface area contributed by atoms with E-state index in [4.69, 9.17) is 0 Å². The van der Waals surface area contributed by atoms with Crippen LogP contribution in [0.15, 0.2) is 24.3 Å². The van der Waals surface area contributed by atoms with Crippen LogP contribution in [0, 0.1) is 6.92 Å². The predicted octanol–water partition coefficient (Wildman–Crippen LogP) is 2.93. The lowest BCUT2D eigenvalue weighted by Gasteiger charge is -2.09. The van der Waals surface area contributed by atoms with Gasteiger partial charge in [0.05, 0.1) is 0 Å². The molecule has 1 unspecified atom stereocenters. The minimum atomic E-state index is 0.639. The lowest BCUT2D eigenvalue weighted by Crippen LogP contribution is -2.20. The van der Waals surface area contributed by atoms with Crippen molar-refractivity contribution in [2.24, 2.45) is 0 Å². The molecule has 0 radical (unpaired) electrons. The van der Waals surface area contributed by atoms with Crippen LogP contribution < -0.4 is 5.32 Å². The Hall–Kier alpha value is -0.820. The molecule has 1 rings (SSSR count). The highest BCUT2D eigenvalue weighted by molar-refractivity contribution is 5.21. The van der Waals surface area contributed by atoms with Crippen molar-refractivity contribution in [2.75, 3.05) is 7.05 Å². The van der Waals surface area contributed by atoms with Gasteiger partial charge >= 0.3 is 0 Å². The first-order valence-corrected chi connectivity index (χ1v) is 5.45. The molecule has 0 aliphatic carbocycles. The number of hydrogen-bond acceptors (Lipinski definition) is 1. The van der Waals surface area contributed by atoms with Crippen LogP contribution in [-0.2, 0) is 6.42 Å². The average Bonchev–Trinajstić information content (AvgIpc) is 2.21. The van der Waals surface area contributed by atoms with Crippen LogP contribution in [-0.4, -0.2) is 13.1 Å². The first kappa shape index (κ1) is 11.3. The molecule has 1 heteroatoms. The van der Waals surface area contributed by atoms with Gasteiger partial charge in [0.2, 0.25) is 0 Å². The molecule has 1 aromatic carbocycles. The highest BCUT2D eigenvalue weighted by Gasteiger charge is 1.98. The van der Waals surface area contributed by atoms with Crippen LogP contribution in [0.5, 0.6) is 0 Å². The summed E-state index contributed by atoms with van der Waals surface area (Å²) in [6, 6.07) is 9.49. The minimum absolute atomic E-state index is 0.639. The molecule has 78 valence electrons. The molecular weight excluding hydrogens is 170 g/mol. The summed E-state index contributed by atoms with van der Waals surface area (Å²) in [5.74, 6) is 0. The monoisotopic (exact) mass is 191 g/mol. The fraction of sp³-hybridized carbons (Fsp3) is 0.538. The molecule has 0 heterocycles. The Balaban J connectivity index is 2.28. The average molecular weight is 191 g/mol. The van der Waals surface area contributed by atoms with Gasteiger partial charge in [-0.25, -0.2) is 0 Å². The van der Waals surface area contributed by atoms with E-state index in [-0.39, 0.29) is 0 Å². The molecule has 0 aromatic heterocycles. The van der Waals surface area contributed by atoms with E-state index in [0.29, 0.717) is 6.04 Å². The van der Waals surface area contributed by atoms with Gasteiger partial charge in [-0.1, -0.05) is 29.8 Å². The van der Waals surface area contributed by atoms with Crippen molar-refractivity contribution in [3.63, 3.8) is 0 Å². The van der Waals surface area contributed by atoms with Gasteiger partial charge in [0.1, 0.15) is 0 Å². The summed E-state index contributed by atoms with van der Waals surface area (Å²) >= 11 is 0. The Morgan fingerprint density at radius 1 is 1.21 bits per heavy atom. The number of hydrogen-bond donors (Lipinski definition) is 1. The zero-order valence-electron chi connectivity index (χ0n) is 9.51. The molecule has 0 aliphatic heterocycles. The molecule has 0 saturated carbocycles. The third kappa shape index (κ3) is 3.93. The summed E-state index contributed by atoms with van der Waals surface area (Å²) in [5, 5.41) is 3.26. The summed E-state index contributed by atoms with van der Waals surface area (Å²) in [5.41, 5.74) is 2.80. The summed E-state index contributed by atoms with van der Waals surface area (Å²) < 4.78 is 0. The largest absolute Gasteiger partial charge is 0.317 e. The molecule has 1 N–H and O–H groups in total. The van der Waals surface area contributed by atoms with Gasteiger partial charge in [-0.2, -0.15) is 0 Å². The molecular formula is C13H21N. The summed E-state index contributed by atoms with van der Waals surface area (Å²) in [7, 11) is 2.02. The molecule has 14 heavy (non-hydrogen) atoms. The van der Waals surface area contributed by atoms with Crippen LogP contribution in [0.4, 0.5) is 0 Å². The normalized spacial score (nSPS) is 12.8. The van der Waals surface area contributed by atoms with Crippen molar-refractivity contribution >= 4 is 0 Å². The Bertz CT molecular complexity index is 250. The molecule has 0 spiro atoms. The summed E-state index contributed by atoms with van der Waals surface area (Å²) in [6.07, 6.45) is 3.72. The maximum Gasteiger partial charge on any atom is 0.00358 e. The second-order valence-electron chi connectivity index (χ2n) is 4.07. The first-order chi connectivity index (χ1) is 6.72. The Kier molecular flexibility index (Phi) is 4.68. The lowest BCUT2D eigenvalue weighted by molar-refractivity contribution is 0.542. The standard InChI is InChI=1S/C13H21N/c1-11-7-9-13(10-8-11)6-4-5-12(2)14-3/h7-10,12,14H,4-6H2,1-3H3. The number of aryl methyl sites for hydroxylation is 2. The Morgan fingerprint density at radius 3 is 2.43 bits per heavy atom. The first-order valence-electron chi connectivity index (χ1n) is 5.45. The van der Waals surface area contributed by atoms with Gasteiger partial charge in [-0.3, -0.25) is 0 Å². The van der Waals surface area contributed by atoms with E-state index in [1.807, 2.05) is 7.05 Å². The molecule has 1 atom stereocenters. The van der Waals surface area contributed by atoms with Crippen LogP contribution in [0.25, 0.3) is 0 Å². The maximum absolute atomic E-state index is 3.26. The zero-order valence-corrected chi connectivity index (χ0v) is 9.51. The van der Waals surface area contributed by atoms with E-state index in [9.17, 15) is 0 Å². The van der Waals surface area contributed by atoms with Crippen LogP contribution in [0.1, 0.15) is 30.9 Å². The highest BCUT2D eigenvalue weighted by Crippen LogP contribution is 2.08. The number of nitrogens with one attached hydrogen (secondary N) is 1. The molecule has 1 nitrogen and oxygen atoms in total. The molecule has 0 bridgehead atoms. The Labute approximate surface area is 87.5 Å². The summed E-state index contributed by atoms with van der Waals surface area (Å²) in [6.45, 7) is 4.36. The van der Waals surface area contributed by atoms with Crippen LogP contribution in [0.2, 0.25) is 0 Å². The second kappa shape index (κ2) is 5.82. The van der Waals surface area contributed by atoms with E-state index in [0.717, 1.165) is 0 Å². The van der Waals surface area contributed by atoms with E-state index in [1.165, 1.54) is 30.4 Å². The minimum Gasteiger partial charge on any atom is -0.317 e. The van der Waals surface area contributed by atoms with Gasteiger partial charge in [-0.15, -0.1) is 0 Å². The van der Waals surface area contributed by atoms with Gasteiger partial charge in [0.15, 0.2) is 0 Å². The lowest BCUT2D eigenvalue weighted by atomic mass is 10.0. The number of rotatable bonds is 5. The van der Waals surface area contributed by atoms with Crippen molar-refractivity contribution in [3.05, 3.63) is 35.4 Å². The Morgan fingerprint density at radius 2 is 1.86 bits per heavy atom. The third-order valence-electron chi connectivity index (χ3n) is 2.72. The van der Waals surface area contributed by atoms with Gasteiger partial charge in [-0.05, 0) is 45.7 Å². The van der Waals surface area contributed by atoms with Crippen LogP contribution >= 0.6 is 0 Å². The molecule has 0 fully saturated rings. The molecule has 1 aromatic rings. The zero-order chi connectivity index (χ0) is 10.4. The number of benzene rings is 1. The molecule has 0 amide bonds. The highest BCUT2D eigenvalue weighted by atomic mass is 14.8. The quantitative estimate of drug-likeness (QED) is 0.754. The fourth-order valence-corrected chi connectivity index (χ4v) is 1.51. The fourth-order valence-electron chi connectivity index (χ4n) is 1.51. The molecule has 0 aliphatic rings. The van der Waals surface area contributed by atoms with Crippen molar-refractivity contribution in [1.82, 2.24) is 5.32 Å². The van der Waals surface area contributed by atoms with E-state index >= 15 is 0 Å². The van der Waals surface area contributed by atoms with Crippen molar-refractivity contribution in [1.29, 1.82) is 0 Å². The van der Waals surface area contributed by atoms with Gasteiger partial charge in [0.25, 0.3) is 0 Å². The van der Waals surface area contributed by atoms with Crippen molar-refractivity contribution in [2.45, 2.75) is 39.2 Å². The maximum atomic E-state index is 3.26.